The van der Waals surface area contributed by atoms with Crippen LogP contribution in [0.1, 0.15) is 16.7 Å². The Morgan fingerprint density at radius 2 is 1.56 bits per heavy atom. The fourth-order valence-electron chi connectivity index (χ4n) is 2.37. The lowest BCUT2D eigenvalue weighted by Gasteiger charge is -2.11. The van der Waals surface area contributed by atoms with Gasteiger partial charge in [-0.3, -0.25) is 0 Å². The van der Waals surface area contributed by atoms with Crippen molar-refractivity contribution in [1.29, 1.82) is 0 Å². The topological polar surface area (TPSA) is 41.9 Å². The molecule has 2 aromatic carbocycles. The summed E-state index contributed by atoms with van der Waals surface area (Å²) < 4.78 is 5.20. The fourth-order valence-corrected chi connectivity index (χ4v) is 2.37. The van der Waals surface area contributed by atoms with Crippen molar-refractivity contribution in [3.63, 3.8) is 0 Å². The first-order chi connectivity index (χ1) is 12.0. The number of hydrogen-bond donors (Lipinski definition) is 0. The van der Waals surface area contributed by atoms with E-state index in [1.54, 1.807) is 12.2 Å². The Hall–Kier alpha value is -3.14. The highest BCUT2D eigenvalue weighted by atomic mass is 16.6. The van der Waals surface area contributed by atoms with Gasteiger partial charge in [0.15, 0.2) is 5.70 Å². The van der Waals surface area contributed by atoms with Crippen molar-refractivity contribution in [3.8, 4) is 0 Å². The van der Waals surface area contributed by atoms with E-state index in [-0.39, 0.29) is 0 Å². The summed E-state index contributed by atoms with van der Waals surface area (Å²) in [7, 11) is 3.97. The molecule has 0 bridgehead atoms. The van der Waals surface area contributed by atoms with Gasteiger partial charge in [0.1, 0.15) is 0 Å². The number of esters is 1. The molecule has 1 aliphatic rings. The summed E-state index contributed by atoms with van der Waals surface area (Å²) in [5, 5.41) is 0. The van der Waals surface area contributed by atoms with E-state index in [2.05, 4.69) is 4.99 Å². The van der Waals surface area contributed by atoms with Crippen molar-refractivity contribution in [2.75, 3.05) is 19.0 Å². The molecular formula is C21H20N2O2. The molecule has 0 aromatic heterocycles. The highest BCUT2D eigenvalue weighted by Gasteiger charge is 2.21. The van der Waals surface area contributed by atoms with Crippen molar-refractivity contribution in [1.82, 2.24) is 0 Å². The van der Waals surface area contributed by atoms with Gasteiger partial charge in [-0.05, 0) is 42.3 Å². The highest BCUT2D eigenvalue weighted by molar-refractivity contribution is 6.11. The summed E-state index contributed by atoms with van der Waals surface area (Å²) in [4.78, 5) is 18.3. The maximum absolute atomic E-state index is 12.0. The van der Waals surface area contributed by atoms with E-state index in [9.17, 15) is 4.79 Å². The second-order valence-electron chi connectivity index (χ2n) is 6.10. The van der Waals surface area contributed by atoms with Crippen molar-refractivity contribution < 1.29 is 9.53 Å². The Balaban J connectivity index is 1.76. The highest BCUT2D eigenvalue weighted by Crippen LogP contribution is 2.19. The number of carbonyl (C=O) groups is 1. The molecule has 0 N–H and O–H groups in total. The van der Waals surface area contributed by atoms with Gasteiger partial charge in [-0.1, -0.05) is 42.0 Å². The van der Waals surface area contributed by atoms with Crippen LogP contribution in [0.15, 0.2) is 65.3 Å². The zero-order chi connectivity index (χ0) is 17.8. The minimum Gasteiger partial charge on any atom is -0.403 e. The number of nitrogens with zero attached hydrogens (tertiary/aromatic N) is 2. The summed E-state index contributed by atoms with van der Waals surface area (Å²) in [5.74, 6) is -0.123. The normalized spacial score (nSPS) is 15.6. The van der Waals surface area contributed by atoms with E-state index in [4.69, 9.17) is 4.74 Å². The SMILES string of the molecule is Cc1ccc(/C=C/C2=NC(=C/c3ccc(N(C)C)cc3)/C(=O)O2)cc1. The van der Waals surface area contributed by atoms with Gasteiger partial charge in [0.25, 0.3) is 0 Å². The first-order valence-electron chi connectivity index (χ1n) is 8.06. The predicted octanol–water partition coefficient (Wildman–Crippen LogP) is 4.07. The van der Waals surface area contributed by atoms with Gasteiger partial charge in [-0.2, -0.15) is 0 Å². The molecule has 0 saturated heterocycles. The maximum Gasteiger partial charge on any atom is 0.363 e. The van der Waals surface area contributed by atoms with Crippen molar-refractivity contribution in [2.45, 2.75) is 6.92 Å². The number of rotatable bonds is 4. The molecule has 0 saturated carbocycles. The van der Waals surface area contributed by atoms with Crippen LogP contribution >= 0.6 is 0 Å². The third-order valence-corrected chi connectivity index (χ3v) is 3.85. The lowest BCUT2D eigenvalue weighted by atomic mass is 10.1. The van der Waals surface area contributed by atoms with Gasteiger partial charge in [-0.25, -0.2) is 9.79 Å². The Bertz CT molecular complexity index is 858. The third kappa shape index (κ3) is 4.23. The van der Waals surface area contributed by atoms with Crippen LogP contribution in [-0.2, 0) is 9.53 Å². The summed E-state index contributed by atoms with van der Waals surface area (Å²) in [6.45, 7) is 2.04. The van der Waals surface area contributed by atoms with Gasteiger partial charge >= 0.3 is 5.97 Å². The molecule has 0 atom stereocenters. The van der Waals surface area contributed by atoms with Gasteiger partial charge in [0.05, 0.1) is 0 Å². The number of carbonyl (C=O) groups excluding carboxylic acids is 1. The molecule has 4 nitrogen and oxygen atoms in total. The molecule has 0 unspecified atom stereocenters. The molecular weight excluding hydrogens is 312 g/mol. The molecule has 25 heavy (non-hydrogen) atoms. The zero-order valence-electron chi connectivity index (χ0n) is 14.6. The fraction of sp³-hybridized carbons (Fsp3) is 0.143. The molecule has 1 heterocycles. The Morgan fingerprint density at radius 1 is 0.920 bits per heavy atom. The molecule has 3 rings (SSSR count). The standard InChI is InChI=1S/C21H20N2O2/c1-15-4-6-16(7-5-15)10-13-20-22-19(21(24)25-20)14-17-8-11-18(12-9-17)23(2)3/h4-14H,1-3H3/b13-10+,19-14+. The molecule has 2 aromatic rings. The molecule has 0 aliphatic carbocycles. The number of ether oxygens (including phenoxy) is 1. The summed E-state index contributed by atoms with van der Waals surface area (Å²) in [5.41, 5.74) is 4.54. The minimum absolute atomic E-state index is 0.307. The molecule has 1 aliphatic heterocycles. The lowest BCUT2D eigenvalue weighted by molar-refractivity contribution is -0.129. The van der Waals surface area contributed by atoms with Crippen LogP contribution in [0.4, 0.5) is 5.69 Å². The minimum atomic E-state index is -0.430. The largest absolute Gasteiger partial charge is 0.403 e. The first kappa shape index (κ1) is 16.7. The maximum atomic E-state index is 12.0. The van der Waals surface area contributed by atoms with Gasteiger partial charge in [-0.15, -0.1) is 0 Å². The number of cyclic esters (lactones) is 1. The number of aliphatic imine (C=N–C) groups is 1. The van der Waals surface area contributed by atoms with E-state index in [0.29, 0.717) is 11.6 Å². The predicted molar refractivity (Wildman–Crippen MR) is 102 cm³/mol. The smallest absolute Gasteiger partial charge is 0.363 e. The van der Waals surface area contributed by atoms with E-state index in [1.807, 2.05) is 80.5 Å². The quantitative estimate of drug-likeness (QED) is 0.626. The van der Waals surface area contributed by atoms with Crippen molar-refractivity contribution in [2.24, 2.45) is 4.99 Å². The Kier molecular flexibility index (Phi) is 4.80. The zero-order valence-corrected chi connectivity index (χ0v) is 14.6. The van der Waals surface area contributed by atoms with Crippen LogP contribution in [0, 0.1) is 6.92 Å². The van der Waals surface area contributed by atoms with Crippen LogP contribution < -0.4 is 4.90 Å². The number of aryl methyl sites for hydroxylation is 1. The Labute approximate surface area is 147 Å². The summed E-state index contributed by atoms with van der Waals surface area (Å²) >= 11 is 0. The van der Waals surface area contributed by atoms with Crippen LogP contribution in [0.25, 0.3) is 12.2 Å². The van der Waals surface area contributed by atoms with E-state index in [0.717, 1.165) is 16.8 Å². The van der Waals surface area contributed by atoms with E-state index in [1.165, 1.54) is 5.56 Å². The van der Waals surface area contributed by atoms with Crippen LogP contribution in [0.2, 0.25) is 0 Å². The number of hydrogen-bond acceptors (Lipinski definition) is 4. The average Bonchev–Trinajstić information content (AvgIpc) is 2.94. The van der Waals surface area contributed by atoms with Crippen LogP contribution in [0.3, 0.4) is 0 Å². The van der Waals surface area contributed by atoms with Gasteiger partial charge in [0, 0.05) is 25.9 Å². The first-order valence-corrected chi connectivity index (χ1v) is 8.06. The lowest BCUT2D eigenvalue weighted by Crippen LogP contribution is -2.07. The Morgan fingerprint density at radius 3 is 2.20 bits per heavy atom. The molecule has 0 spiro atoms. The number of anilines is 1. The second kappa shape index (κ2) is 7.18. The molecule has 0 fully saturated rings. The average molecular weight is 332 g/mol. The second-order valence-corrected chi connectivity index (χ2v) is 6.10. The molecule has 0 amide bonds. The van der Waals surface area contributed by atoms with Gasteiger partial charge in [0.2, 0.25) is 5.90 Å². The number of benzene rings is 2. The third-order valence-electron chi connectivity index (χ3n) is 3.85. The van der Waals surface area contributed by atoms with E-state index < -0.39 is 5.97 Å². The summed E-state index contributed by atoms with van der Waals surface area (Å²) in [6, 6.07) is 16.0. The van der Waals surface area contributed by atoms with Crippen LogP contribution in [0.5, 0.6) is 0 Å². The van der Waals surface area contributed by atoms with Crippen molar-refractivity contribution >= 4 is 29.7 Å². The molecule has 0 radical (unpaired) electrons. The van der Waals surface area contributed by atoms with Crippen LogP contribution in [-0.4, -0.2) is 26.0 Å². The molecule has 4 heteroatoms. The van der Waals surface area contributed by atoms with E-state index >= 15 is 0 Å². The summed E-state index contributed by atoms with van der Waals surface area (Å²) in [6.07, 6.45) is 5.31. The monoisotopic (exact) mass is 332 g/mol. The molecule has 126 valence electrons. The van der Waals surface area contributed by atoms with Crippen molar-refractivity contribution in [3.05, 3.63) is 77.0 Å². The van der Waals surface area contributed by atoms with Gasteiger partial charge < -0.3 is 9.64 Å².